The average Bonchev–Trinajstić information content (AvgIpc) is 2.47. The predicted octanol–water partition coefficient (Wildman–Crippen LogP) is -2.40. The van der Waals surface area contributed by atoms with Crippen LogP contribution < -0.4 is 21.5 Å². The maximum Gasteiger partial charge on any atom is 0.278 e. The number of carboxylic acids is 1. The second kappa shape index (κ2) is 8.14. The molecule has 0 fully saturated rings. The lowest BCUT2D eigenvalue weighted by Crippen LogP contribution is -2.67. The molecule has 0 aromatic heterocycles. The Bertz CT molecular complexity index is 531. The van der Waals surface area contributed by atoms with Crippen LogP contribution in [0.25, 0.3) is 0 Å². The summed E-state index contributed by atoms with van der Waals surface area (Å²) in [6.07, 6.45) is 0.255. The van der Waals surface area contributed by atoms with E-state index in [0.29, 0.717) is 0 Å². The van der Waals surface area contributed by atoms with Gasteiger partial charge in [-0.2, -0.15) is 0 Å². The molecule has 22 heavy (non-hydrogen) atoms. The minimum atomic E-state index is -1.39. The monoisotopic (exact) mass is 307 g/mol. The van der Waals surface area contributed by atoms with E-state index in [1.807, 2.05) is 30.3 Å². The first-order valence-electron chi connectivity index (χ1n) is 7.00. The maximum absolute atomic E-state index is 12.2. The van der Waals surface area contributed by atoms with Crippen molar-refractivity contribution in [2.24, 2.45) is 0 Å². The number of amides is 2. The Balaban J connectivity index is 2.83. The van der Waals surface area contributed by atoms with Crippen molar-refractivity contribution in [3.63, 3.8) is 0 Å². The number of carboxylic acid groups (broad SMARTS) is 1. The number of nitrogens with one attached hydrogen (secondary N) is 2. The molecule has 1 aromatic carbocycles. The number of rotatable bonds is 7. The third-order valence-electron chi connectivity index (χ3n) is 3.08. The van der Waals surface area contributed by atoms with Gasteiger partial charge in [0.05, 0.1) is 12.0 Å². The predicted molar refractivity (Wildman–Crippen MR) is 77.0 cm³/mol. The standard InChI is InChI=1S/C15H21N3O4/c1-9(16)13(19)18-12(8-11-6-4-3-5-7-11)14(20)17-10(2)15(21)22/h3-7,9-10,12H,8,16H2,1-2H3,(H,17,20)(H,18,19)(H,21,22)/t9-,10-,12+/m0/s1. The van der Waals surface area contributed by atoms with Crippen LogP contribution in [0.3, 0.4) is 0 Å². The van der Waals surface area contributed by atoms with Crippen molar-refractivity contribution in [1.29, 1.82) is 0 Å². The van der Waals surface area contributed by atoms with Crippen LogP contribution >= 0.6 is 0 Å². The summed E-state index contributed by atoms with van der Waals surface area (Å²) >= 11 is 0. The van der Waals surface area contributed by atoms with Crippen LogP contribution in [0.15, 0.2) is 30.3 Å². The lowest BCUT2D eigenvalue weighted by Gasteiger charge is -2.22. The van der Waals surface area contributed by atoms with Crippen LogP contribution in [0.2, 0.25) is 0 Å². The van der Waals surface area contributed by atoms with E-state index in [1.54, 1.807) is 6.92 Å². The van der Waals surface area contributed by atoms with Crippen LogP contribution in [0, 0.1) is 0 Å². The van der Waals surface area contributed by atoms with Crippen molar-refractivity contribution in [1.82, 2.24) is 10.6 Å². The van der Waals surface area contributed by atoms with Crippen LogP contribution in [0.1, 0.15) is 19.4 Å². The number of quaternary nitrogens is 1. The largest absolute Gasteiger partial charge is 0.548 e. The molecule has 7 nitrogen and oxygen atoms in total. The molecule has 120 valence electrons. The molecule has 0 spiro atoms. The summed E-state index contributed by atoms with van der Waals surface area (Å²) in [6.45, 7) is 2.91. The summed E-state index contributed by atoms with van der Waals surface area (Å²) in [4.78, 5) is 34.7. The Kier molecular flexibility index (Phi) is 6.52. The van der Waals surface area contributed by atoms with Crippen molar-refractivity contribution < 1.29 is 25.2 Å². The molecule has 2 amide bonds. The van der Waals surface area contributed by atoms with E-state index in [1.165, 1.54) is 6.92 Å². The van der Waals surface area contributed by atoms with Crippen LogP contribution in [-0.4, -0.2) is 35.9 Å². The quantitative estimate of drug-likeness (QED) is 0.519. The first kappa shape index (κ1) is 17.6. The molecule has 1 rings (SSSR count). The molecule has 3 atom stereocenters. The highest BCUT2D eigenvalue weighted by molar-refractivity contribution is 5.91. The van der Waals surface area contributed by atoms with Gasteiger partial charge in [-0.25, -0.2) is 0 Å². The van der Waals surface area contributed by atoms with E-state index in [0.717, 1.165) is 5.56 Å². The van der Waals surface area contributed by atoms with Crippen LogP contribution in [0.5, 0.6) is 0 Å². The molecular formula is C15H21N3O4. The van der Waals surface area contributed by atoms with Crippen molar-refractivity contribution in [3.05, 3.63) is 35.9 Å². The summed E-state index contributed by atoms with van der Waals surface area (Å²) in [5, 5.41) is 15.6. The van der Waals surface area contributed by atoms with Gasteiger partial charge in [0, 0.05) is 6.42 Å². The van der Waals surface area contributed by atoms with Crippen molar-refractivity contribution in [3.8, 4) is 0 Å². The second-order valence-corrected chi connectivity index (χ2v) is 5.20. The third-order valence-corrected chi connectivity index (χ3v) is 3.08. The van der Waals surface area contributed by atoms with Gasteiger partial charge in [0.15, 0.2) is 6.04 Å². The second-order valence-electron chi connectivity index (χ2n) is 5.20. The van der Waals surface area contributed by atoms with Gasteiger partial charge in [0.1, 0.15) is 6.04 Å². The molecule has 7 heteroatoms. The minimum absolute atomic E-state index is 0.255. The minimum Gasteiger partial charge on any atom is -0.548 e. The molecule has 0 saturated heterocycles. The summed E-state index contributed by atoms with van der Waals surface area (Å²) < 4.78 is 0. The summed E-state index contributed by atoms with van der Waals surface area (Å²) in [5.74, 6) is -2.34. The maximum atomic E-state index is 12.2. The van der Waals surface area contributed by atoms with Gasteiger partial charge in [0.2, 0.25) is 5.91 Å². The molecule has 1 aromatic rings. The molecule has 0 aliphatic rings. The number of carbonyl (C=O) groups is 3. The van der Waals surface area contributed by atoms with Gasteiger partial charge >= 0.3 is 0 Å². The topological polar surface area (TPSA) is 126 Å². The van der Waals surface area contributed by atoms with Gasteiger partial charge in [-0.1, -0.05) is 30.3 Å². The van der Waals surface area contributed by atoms with Gasteiger partial charge < -0.3 is 26.3 Å². The summed E-state index contributed by atoms with van der Waals surface area (Å²) in [7, 11) is 0. The van der Waals surface area contributed by atoms with Gasteiger partial charge in [-0.3, -0.25) is 9.59 Å². The molecule has 0 aliphatic carbocycles. The van der Waals surface area contributed by atoms with Crippen molar-refractivity contribution >= 4 is 17.8 Å². The van der Waals surface area contributed by atoms with Crippen molar-refractivity contribution in [2.75, 3.05) is 0 Å². The molecule has 0 unspecified atom stereocenters. The van der Waals surface area contributed by atoms with Crippen LogP contribution in [-0.2, 0) is 20.8 Å². The fraction of sp³-hybridized carbons (Fsp3) is 0.400. The fourth-order valence-corrected chi connectivity index (χ4v) is 1.75. The zero-order chi connectivity index (χ0) is 16.7. The molecular weight excluding hydrogens is 286 g/mol. The Labute approximate surface area is 128 Å². The van der Waals surface area contributed by atoms with E-state index in [9.17, 15) is 19.5 Å². The Hall–Kier alpha value is -2.41. The Morgan fingerprint density at radius 2 is 1.68 bits per heavy atom. The van der Waals surface area contributed by atoms with E-state index in [-0.39, 0.29) is 12.3 Å². The lowest BCUT2D eigenvalue weighted by atomic mass is 10.0. The lowest BCUT2D eigenvalue weighted by molar-refractivity contribution is -0.398. The fourth-order valence-electron chi connectivity index (χ4n) is 1.75. The third kappa shape index (κ3) is 5.53. The Morgan fingerprint density at radius 3 is 2.18 bits per heavy atom. The highest BCUT2D eigenvalue weighted by Crippen LogP contribution is 2.04. The van der Waals surface area contributed by atoms with E-state index >= 15 is 0 Å². The number of benzene rings is 1. The molecule has 0 saturated carbocycles. The van der Waals surface area contributed by atoms with Gasteiger partial charge in [-0.05, 0) is 19.4 Å². The molecule has 0 radical (unpaired) electrons. The summed E-state index contributed by atoms with van der Waals surface area (Å²) in [6, 6.07) is 6.59. The summed E-state index contributed by atoms with van der Waals surface area (Å²) in [5.41, 5.74) is 4.45. The van der Waals surface area contributed by atoms with E-state index in [4.69, 9.17) is 0 Å². The number of hydrogen-bond donors (Lipinski definition) is 3. The normalized spacial score (nSPS) is 14.5. The Morgan fingerprint density at radius 1 is 1.09 bits per heavy atom. The van der Waals surface area contributed by atoms with E-state index < -0.39 is 30.0 Å². The van der Waals surface area contributed by atoms with Gasteiger partial charge in [-0.15, -0.1) is 0 Å². The average molecular weight is 307 g/mol. The van der Waals surface area contributed by atoms with Crippen molar-refractivity contribution in [2.45, 2.75) is 38.4 Å². The smallest absolute Gasteiger partial charge is 0.278 e. The number of aliphatic carboxylic acids is 1. The molecule has 0 aliphatic heterocycles. The molecule has 5 N–H and O–H groups in total. The van der Waals surface area contributed by atoms with Crippen LogP contribution in [0.4, 0.5) is 0 Å². The first-order chi connectivity index (χ1) is 10.3. The van der Waals surface area contributed by atoms with Gasteiger partial charge in [0.25, 0.3) is 5.91 Å². The number of carbonyl (C=O) groups excluding carboxylic acids is 3. The highest BCUT2D eigenvalue weighted by Gasteiger charge is 2.24. The SMILES string of the molecule is C[C@H]([NH3+])C(=O)N[C@H](Cc1ccccc1)C(=O)N[C@@H](C)C(=O)[O-]. The highest BCUT2D eigenvalue weighted by atomic mass is 16.4. The zero-order valence-electron chi connectivity index (χ0n) is 12.7. The van der Waals surface area contributed by atoms with E-state index in [2.05, 4.69) is 16.4 Å². The molecule has 0 bridgehead atoms. The number of hydrogen-bond acceptors (Lipinski definition) is 4. The first-order valence-corrected chi connectivity index (χ1v) is 7.00. The molecule has 0 heterocycles. The zero-order valence-corrected chi connectivity index (χ0v) is 12.7.